The van der Waals surface area contributed by atoms with E-state index in [4.69, 9.17) is 4.42 Å². The van der Waals surface area contributed by atoms with Crippen molar-refractivity contribution in [3.8, 4) is 0 Å². The number of hydrogen-bond acceptors (Lipinski definition) is 3. The molecule has 1 fully saturated rings. The minimum atomic E-state index is 0.833. The molecule has 96 valence electrons. The SMILES string of the molecule is CCNCc1coc(CN2CCCC(C)C2)c1. The van der Waals surface area contributed by atoms with Crippen LogP contribution in [0.1, 0.15) is 38.0 Å². The number of piperidine rings is 1. The maximum Gasteiger partial charge on any atom is 0.118 e. The van der Waals surface area contributed by atoms with Crippen LogP contribution in [0.4, 0.5) is 0 Å². The average Bonchev–Trinajstić information content (AvgIpc) is 2.74. The molecule has 0 bridgehead atoms. The highest BCUT2D eigenvalue weighted by molar-refractivity contribution is 5.12. The van der Waals surface area contributed by atoms with Gasteiger partial charge in [-0.2, -0.15) is 0 Å². The minimum Gasteiger partial charge on any atom is -0.468 e. The summed E-state index contributed by atoms with van der Waals surface area (Å²) in [6.45, 7) is 9.77. The number of hydrogen-bond donors (Lipinski definition) is 1. The molecule has 1 atom stereocenters. The largest absolute Gasteiger partial charge is 0.468 e. The van der Waals surface area contributed by atoms with Crippen molar-refractivity contribution in [3.63, 3.8) is 0 Å². The lowest BCUT2D eigenvalue weighted by atomic mass is 10.0. The van der Waals surface area contributed by atoms with Gasteiger partial charge in [0.05, 0.1) is 12.8 Å². The summed E-state index contributed by atoms with van der Waals surface area (Å²) in [5, 5.41) is 3.31. The first-order valence-electron chi connectivity index (χ1n) is 6.77. The van der Waals surface area contributed by atoms with E-state index in [0.717, 1.165) is 31.3 Å². The third-order valence-corrected chi connectivity index (χ3v) is 3.41. The van der Waals surface area contributed by atoms with Gasteiger partial charge in [-0.1, -0.05) is 13.8 Å². The van der Waals surface area contributed by atoms with Crippen LogP contribution in [-0.2, 0) is 13.1 Å². The molecule has 17 heavy (non-hydrogen) atoms. The average molecular weight is 236 g/mol. The van der Waals surface area contributed by atoms with Gasteiger partial charge in [-0.05, 0) is 37.9 Å². The molecule has 3 nitrogen and oxygen atoms in total. The first-order chi connectivity index (χ1) is 8.28. The molecule has 0 amide bonds. The summed E-state index contributed by atoms with van der Waals surface area (Å²) < 4.78 is 5.62. The van der Waals surface area contributed by atoms with E-state index in [9.17, 15) is 0 Å². The van der Waals surface area contributed by atoms with Crippen molar-refractivity contribution < 1.29 is 4.42 Å². The summed E-state index contributed by atoms with van der Waals surface area (Å²) in [6.07, 6.45) is 4.58. The molecule has 1 aliphatic heterocycles. The van der Waals surface area contributed by atoms with E-state index in [-0.39, 0.29) is 0 Å². The molecule has 1 aromatic heterocycles. The smallest absolute Gasteiger partial charge is 0.118 e. The molecule has 3 heteroatoms. The van der Waals surface area contributed by atoms with E-state index in [1.54, 1.807) is 0 Å². The van der Waals surface area contributed by atoms with Gasteiger partial charge in [0, 0.05) is 18.7 Å². The molecule has 1 aliphatic rings. The third-order valence-electron chi connectivity index (χ3n) is 3.41. The van der Waals surface area contributed by atoms with Gasteiger partial charge in [0.1, 0.15) is 5.76 Å². The van der Waals surface area contributed by atoms with E-state index in [2.05, 4.69) is 30.1 Å². The first kappa shape index (κ1) is 12.7. The highest BCUT2D eigenvalue weighted by atomic mass is 16.3. The lowest BCUT2D eigenvalue weighted by Crippen LogP contribution is -2.33. The molecule has 1 N–H and O–H groups in total. The van der Waals surface area contributed by atoms with Gasteiger partial charge in [0.15, 0.2) is 0 Å². The van der Waals surface area contributed by atoms with Gasteiger partial charge >= 0.3 is 0 Å². The maximum absolute atomic E-state index is 5.62. The Bertz CT molecular complexity index is 335. The van der Waals surface area contributed by atoms with E-state index < -0.39 is 0 Å². The van der Waals surface area contributed by atoms with Crippen molar-refractivity contribution in [1.29, 1.82) is 0 Å². The predicted molar refractivity (Wildman–Crippen MR) is 69.8 cm³/mol. The molecular formula is C14H24N2O. The Kier molecular flexibility index (Phi) is 4.63. The van der Waals surface area contributed by atoms with Crippen molar-refractivity contribution >= 4 is 0 Å². The Morgan fingerprint density at radius 3 is 3.18 bits per heavy atom. The van der Waals surface area contributed by atoms with Gasteiger partial charge in [-0.15, -0.1) is 0 Å². The fraction of sp³-hybridized carbons (Fsp3) is 0.714. The van der Waals surface area contributed by atoms with E-state index in [0.29, 0.717) is 0 Å². The highest BCUT2D eigenvalue weighted by Gasteiger charge is 2.17. The van der Waals surface area contributed by atoms with Gasteiger partial charge < -0.3 is 9.73 Å². The second kappa shape index (κ2) is 6.22. The fourth-order valence-electron chi connectivity index (χ4n) is 2.52. The third kappa shape index (κ3) is 3.86. The first-order valence-corrected chi connectivity index (χ1v) is 6.77. The standard InChI is InChI=1S/C14H24N2O/c1-3-15-8-13-7-14(17-11-13)10-16-6-4-5-12(2)9-16/h7,11-12,15H,3-6,8-10H2,1-2H3. The Morgan fingerprint density at radius 2 is 2.41 bits per heavy atom. The zero-order chi connectivity index (χ0) is 12.1. The summed E-state index contributed by atoms with van der Waals surface area (Å²) in [5.41, 5.74) is 1.26. The van der Waals surface area contributed by atoms with Gasteiger partial charge in [0.2, 0.25) is 0 Å². The number of furan rings is 1. The topological polar surface area (TPSA) is 28.4 Å². The molecule has 1 saturated heterocycles. The quantitative estimate of drug-likeness (QED) is 0.852. The van der Waals surface area contributed by atoms with Crippen LogP contribution in [0.2, 0.25) is 0 Å². The van der Waals surface area contributed by atoms with Crippen LogP contribution in [0.15, 0.2) is 16.7 Å². The van der Waals surface area contributed by atoms with E-state index >= 15 is 0 Å². The van der Waals surface area contributed by atoms with Crippen molar-refractivity contribution in [2.45, 2.75) is 39.8 Å². The van der Waals surface area contributed by atoms with Crippen LogP contribution < -0.4 is 5.32 Å². The lowest BCUT2D eigenvalue weighted by Gasteiger charge is -2.29. The van der Waals surface area contributed by atoms with Crippen LogP contribution in [0.25, 0.3) is 0 Å². The maximum atomic E-state index is 5.62. The Labute approximate surface area is 104 Å². The normalized spacial score (nSPS) is 21.9. The van der Waals surface area contributed by atoms with Gasteiger partial charge in [0.25, 0.3) is 0 Å². The molecule has 0 aliphatic carbocycles. The van der Waals surface area contributed by atoms with Crippen LogP contribution >= 0.6 is 0 Å². The molecule has 0 aromatic carbocycles. The lowest BCUT2D eigenvalue weighted by molar-refractivity contribution is 0.165. The van der Waals surface area contributed by atoms with Crippen LogP contribution in [0.5, 0.6) is 0 Å². The van der Waals surface area contributed by atoms with E-state index in [1.165, 1.54) is 31.5 Å². The predicted octanol–water partition coefficient (Wildman–Crippen LogP) is 2.62. The van der Waals surface area contributed by atoms with Gasteiger partial charge in [-0.25, -0.2) is 0 Å². The Hall–Kier alpha value is -0.800. The van der Waals surface area contributed by atoms with Crippen molar-refractivity contribution in [2.75, 3.05) is 19.6 Å². The second-order valence-electron chi connectivity index (χ2n) is 5.18. The minimum absolute atomic E-state index is 0.833. The molecule has 0 spiro atoms. The monoisotopic (exact) mass is 236 g/mol. The molecule has 2 rings (SSSR count). The molecule has 1 unspecified atom stereocenters. The Balaban J connectivity index is 1.83. The van der Waals surface area contributed by atoms with Crippen molar-refractivity contribution in [2.24, 2.45) is 5.92 Å². The Morgan fingerprint density at radius 1 is 1.53 bits per heavy atom. The molecule has 0 radical (unpaired) electrons. The summed E-state index contributed by atoms with van der Waals surface area (Å²) in [6, 6.07) is 2.18. The van der Waals surface area contributed by atoms with Gasteiger partial charge in [-0.3, -0.25) is 4.90 Å². The second-order valence-corrected chi connectivity index (χ2v) is 5.18. The highest BCUT2D eigenvalue weighted by Crippen LogP contribution is 2.18. The van der Waals surface area contributed by atoms with Crippen LogP contribution in [0.3, 0.4) is 0 Å². The van der Waals surface area contributed by atoms with Crippen LogP contribution in [0, 0.1) is 5.92 Å². The van der Waals surface area contributed by atoms with Crippen molar-refractivity contribution in [1.82, 2.24) is 10.2 Å². The molecular weight excluding hydrogens is 212 g/mol. The zero-order valence-electron chi connectivity index (χ0n) is 11.0. The number of rotatable bonds is 5. The summed E-state index contributed by atoms with van der Waals surface area (Å²) in [7, 11) is 0. The summed E-state index contributed by atoms with van der Waals surface area (Å²) in [5.74, 6) is 1.94. The zero-order valence-corrected chi connectivity index (χ0v) is 11.0. The van der Waals surface area contributed by atoms with E-state index in [1.807, 2.05) is 6.26 Å². The van der Waals surface area contributed by atoms with Crippen LogP contribution in [-0.4, -0.2) is 24.5 Å². The summed E-state index contributed by atoms with van der Waals surface area (Å²) >= 11 is 0. The molecule has 0 saturated carbocycles. The number of nitrogens with one attached hydrogen (secondary N) is 1. The summed E-state index contributed by atoms with van der Waals surface area (Å²) in [4.78, 5) is 2.50. The fourth-order valence-corrected chi connectivity index (χ4v) is 2.52. The molecule has 1 aromatic rings. The number of likely N-dealkylation sites (tertiary alicyclic amines) is 1. The number of nitrogens with zero attached hydrogens (tertiary/aromatic N) is 1. The van der Waals surface area contributed by atoms with Crippen molar-refractivity contribution in [3.05, 3.63) is 23.7 Å². The molecule has 2 heterocycles.